The number of rotatable bonds is 4. The average molecular weight is 234 g/mol. The van der Waals surface area contributed by atoms with Gasteiger partial charge in [-0.25, -0.2) is 4.79 Å². The molecule has 0 unspecified atom stereocenters. The van der Waals surface area contributed by atoms with Crippen LogP contribution in [0, 0.1) is 5.92 Å². The molecule has 0 saturated heterocycles. The number of aryl methyl sites for hydroxylation is 1. The minimum atomic E-state index is -0.297. The first-order valence-electron chi connectivity index (χ1n) is 5.97. The van der Waals surface area contributed by atoms with Crippen LogP contribution in [0.3, 0.4) is 0 Å². The topological polar surface area (TPSA) is 61.2 Å². The van der Waals surface area contributed by atoms with Crippen molar-refractivity contribution in [3.8, 4) is 0 Å². The third-order valence-corrected chi connectivity index (χ3v) is 2.85. The minimum absolute atomic E-state index is 0.297. The molecule has 92 valence electrons. The molecule has 2 rings (SSSR count). The van der Waals surface area contributed by atoms with E-state index in [0.29, 0.717) is 23.7 Å². The molecule has 2 N–H and O–H groups in total. The summed E-state index contributed by atoms with van der Waals surface area (Å²) in [5, 5.41) is 0. The van der Waals surface area contributed by atoms with Gasteiger partial charge in [-0.3, -0.25) is 4.57 Å². The molecule has 2 aromatic rings. The van der Waals surface area contributed by atoms with Gasteiger partial charge in [-0.2, -0.15) is 0 Å². The van der Waals surface area contributed by atoms with E-state index in [-0.39, 0.29) is 5.76 Å². The zero-order valence-electron chi connectivity index (χ0n) is 10.3. The maximum absolute atomic E-state index is 11.7. The van der Waals surface area contributed by atoms with Gasteiger partial charge in [0.15, 0.2) is 5.58 Å². The van der Waals surface area contributed by atoms with Gasteiger partial charge in [-0.05, 0) is 37.0 Å². The molecule has 0 radical (unpaired) electrons. The van der Waals surface area contributed by atoms with Crippen LogP contribution >= 0.6 is 0 Å². The number of fused-ring (bicyclic) bond motifs is 1. The van der Waals surface area contributed by atoms with Crippen LogP contribution in [0.25, 0.3) is 11.1 Å². The Morgan fingerprint density at radius 2 is 2.18 bits per heavy atom. The Bertz CT molecular complexity index is 566. The Morgan fingerprint density at radius 3 is 2.88 bits per heavy atom. The number of nitrogen functional groups attached to an aromatic ring is 1. The summed E-state index contributed by atoms with van der Waals surface area (Å²) < 4.78 is 6.82. The molecular formula is C13H18N2O2. The predicted octanol–water partition coefficient (Wildman–Crippen LogP) is 2.61. The van der Waals surface area contributed by atoms with Crippen molar-refractivity contribution >= 4 is 16.8 Å². The molecule has 4 heteroatoms. The van der Waals surface area contributed by atoms with Gasteiger partial charge in [-0.1, -0.05) is 13.8 Å². The van der Waals surface area contributed by atoms with Gasteiger partial charge in [0, 0.05) is 12.2 Å². The zero-order chi connectivity index (χ0) is 12.4. The van der Waals surface area contributed by atoms with Crippen molar-refractivity contribution in [2.45, 2.75) is 33.2 Å². The summed E-state index contributed by atoms with van der Waals surface area (Å²) in [5.41, 5.74) is 7.77. The highest BCUT2D eigenvalue weighted by Crippen LogP contribution is 2.17. The Kier molecular flexibility index (Phi) is 3.22. The van der Waals surface area contributed by atoms with Gasteiger partial charge < -0.3 is 10.2 Å². The molecule has 0 amide bonds. The van der Waals surface area contributed by atoms with Gasteiger partial charge in [0.05, 0.1) is 5.52 Å². The third kappa shape index (κ3) is 2.52. The number of aromatic nitrogens is 1. The highest BCUT2D eigenvalue weighted by molar-refractivity contribution is 5.76. The molecule has 1 aromatic carbocycles. The zero-order valence-corrected chi connectivity index (χ0v) is 10.3. The van der Waals surface area contributed by atoms with Crippen LogP contribution in [-0.4, -0.2) is 4.57 Å². The van der Waals surface area contributed by atoms with Crippen molar-refractivity contribution in [1.82, 2.24) is 4.57 Å². The van der Waals surface area contributed by atoms with Crippen molar-refractivity contribution in [3.05, 3.63) is 28.7 Å². The second kappa shape index (κ2) is 4.65. The van der Waals surface area contributed by atoms with E-state index in [9.17, 15) is 4.79 Å². The van der Waals surface area contributed by atoms with Crippen LogP contribution in [0.5, 0.6) is 0 Å². The molecule has 4 nitrogen and oxygen atoms in total. The summed E-state index contributed by atoms with van der Waals surface area (Å²) in [7, 11) is 0. The van der Waals surface area contributed by atoms with Crippen molar-refractivity contribution in [3.63, 3.8) is 0 Å². The van der Waals surface area contributed by atoms with Crippen LogP contribution in [0.15, 0.2) is 27.4 Å². The maximum atomic E-state index is 11.7. The summed E-state index contributed by atoms with van der Waals surface area (Å²) >= 11 is 0. The van der Waals surface area contributed by atoms with E-state index >= 15 is 0 Å². The number of nitrogens with two attached hydrogens (primary N) is 1. The maximum Gasteiger partial charge on any atom is 0.419 e. The van der Waals surface area contributed by atoms with Crippen molar-refractivity contribution in [1.29, 1.82) is 0 Å². The Labute approximate surface area is 100 Å². The van der Waals surface area contributed by atoms with E-state index in [1.807, 2.05) is 0 Å². The highest BCUT2D eigenvalue weighted by Gasteiger charge is 2.09. The molecule has 0 bridgehead atoms. The Morgan fingerprint density at radius 1 is 1.41 bits per heavy atom. The van der Waals surface area contributed by atoms with Gasteiger partial charge in [0.25, 0.3) is 0 Å². The van der Waals surface area contributed by atoms with E-state index in [1.54, 1.807) is 22.8 Å². The van der Waals surface area contributed by atoms with Crippen LogP contribution in [-0.2, 0) is 6.54 Å². The van der Waals surface area contributed by atoms with E-state index < -0.39 is 0 Å². The Hall–Kier alpha value is -1.71. The summed E-state index contributed by atoms with van der Waals surface area (Å²) in [6, 6.07) is 5.27. The number of benzene rings is 1. The van der Waals surface area contributed by atoms with Gasteiger partial charge >= 0.3 is 5.76 Å². The first kappa shape index (κ1) is 11.8. The molecule has 0 atom stereocenters. The van der Waals surface area contributed by atoms with E-state index in [2.05, 4.69) is 13.8 Å². The fourth-order valence-corrected chi connectivity index (χ4v) is 1.95. The molecule has 1 heterocycles. The first-order chi connectivity index (χ1) is 8.08. The van der Waals surface area contributed by atoms with E-state index in [1.165, 1.54) is 0 Å². The van der Waals surface area contributed by atoms with E-state index in [0.717, 1.165) is 18.4 Å². The lowest BCUT2D eigenvalue weighted by Gasteiger charge is -2.05. The first-order valence-corrected chi connectivity index (χ1v) is 5.97. The largest absolute Gasteiger partial charge is 0.419 e. The summed E-state index contributed by atoms with van der Waals surface area (Å²) in [6.45, 7) is 5.04. The molecule has 0 fully saturated rings. The summed E-state index contributed by atoms with van der Waals surface area (Å²) in [5.74, 6) is 0.350. The lowest BCUT2D eigenvalue weighted by Crippen LogP contribution is -2.14. The minimum Gasteiger partial charge on any atom is -0.408 e. The fraction of sp³-hybridized carbons (Fsp3) is 0.462. The molecule has 0 aliphatic heterocycles. The van der Waals surface area contributed by atoms with Gasteiger partial charge in [-0.15, -0.1) is 0 Å². The lowest BCUT2D eigenvalue weighted by molar-refractivity contribution is 0.468. The monoisotopic (exact) mass is 234 g/mol. The standard InChI is InChI=1S/C13H18N2O2/c1-9(2)4-3-7-15-11-8-10(14)5-6-12(11)17-13(15)16/h5-6,8-9H,3-4,7,14H2,1-2H3. The predicted molar refractivity (Wildman–Crippen MR) is 69.0 cm³/mol. The fourth-order valence-electron chi connectivity index (χ4n) is 1.95. The van der Waals surface area contributed by atoms with Crippen molar-refractivity contribution in [2.24, 2.45) is 5.92 Å². The number of nitrogens with zero attached hydrogens (tertiary/aromatic N) is 1. The molecular weight excluding hydrogens is 216 g/mol. The number of oxazole rings is 1. The normalized spacial score (nSPS) is 11.5. The second-order valence-corrected chi connectivity index (χ2v) is 4.78. The smallest absolute Gasteiger partial charge is 0.408 e. The SMILES string of the molecule is CC(C)CCCn1c(=O)oc2ccc(N)cc21. The van der Waals surface area contributed by atoms with Crippen LogP contribution in [0.4, 0.5) is 5.69 Å². The van der Waals surface area contributed by atoms with Crippen LogP contribution in [0.2, 0.25) is 0 Å². The Balaban J connectivity index is 2.29. The van der Waals surface area contributed by atoms with Crippen molar-refractivity contribution in [2.75, 3.05) is 5.73 Å². The van der Waals surface area contributed by atoms with Gasteiger partial charge in [0.2, 0.25) is 0 Å². The number of hydrogen-bond donors (Lipinski definition) is 1. The molecule has 0 aliphatic carbocycles. The molecule has 17 heavy (non-hydrogen) atoms. The molecule has 1 aromatic heterocycles. The number of hydrogen-bond acceptors (Lipinski definition) is 3. The molecule has 0 aliphatic rings. The van der Waals surface area contributed by atoms with Crippen LogP contribution in [0.1, 0.15) is 26.7 Å². The van der Waals surface area contributed by atoms with Crippen LogP contribution < -0.4 is 11.5 Å². The summed E-state index contributed by atoms with van der Waals surface area (Å²) in [6.07, 6.45) is 2.07. The second-order valence-electron chi connectivity index (χ2n) is 4.78. The van der Waals surface area contributed by atoms with E-state index in [4.69, 9.17) is 10.2 Å². The highest BCUT2D eigenvalue weighted by atomic mass is 16.4. The average Bonchev–Trinajstić information content (AvgIpc) is 2.55. The summed E-state index contributed by atoms with van der Waals surface area (Å²) in [4.78, 5) is 11.7. The molecule has 0 saturated carbocycles. The van der Waals surface area contributed by atoms with Gasteiger partial charge in [0.1, 0.15) is 0 Å². The number of anilines is 1. The molecule has 0 spiro atoms. The lowest BCUT2D eigenvalue weighted by atomic mass is 10.1. The van der Waals surface area contributed by atoms with Crippen molar-refractivity contribution < 1.29 is 4.42 Å². The third-order valence-electron chi connectivity index (χ3n) is 2.85. The quantitative estimate of drug-likeness (QED) is 0.827.